The second kappa shape index (κ2) is 9.86. The summed E-state index contributed by atoms with van der Waals surface area (Å²) in [6, 6.07) is 13.5. The maximum absolute atomic E-state index is 9.48. The summed E-state index contributed by atoms with van der Waals surface area (Å²) in [6.07, 6.45) is 3.64. The van der Waals surface area contributed by atoms with Crippen molar-refractivity contribution in [2.45, 2.75) is 43.9 Å². The van der Waals surface area contributed by atoms with Crippen molar-refractivity contribution >= 4 is 34.0 Å². The molecule has 2 aromatic carbocycles. The summed E-state index contributed by atoms with van der Waals surface area (Å²) < 4.78 is 11.4. The van der Waals surface area contributed by atoms with Crippen LogP contribution in [-0.4, -0.2) is 53.8 Å². The summed E-state index contributed by atoms with van der Waals surface area (Å²) in [5, 5.41) is 33.7. The minimum atomic E-state index is -0.137. The summed E-state index contributed by atoms with van der Waals surface area (Å²) in [5.74, 6) is 2.06. The van der Waals surface area contributed by atoms with Crippen LogP contribution in [0.3, 0.4) is 0 Å². The number of anilines is 2. The lowest BCUT2D eigenvalue weighted by Gasteiger charge is -2.39. The summed E-state index contributed by atoms with van der Waals surface area (Å²) >= 11 is 6.27. The standard InChI is InChI=1S/C26H28ClN5O3/c1-34-23-5-3-18(13-22(23)27)15-29-24-21-12-17(14-28)2-4-20(21)25(31-30-24)32-10-8-26(9-11-32)7-6-19(16-33)35-26/h2-5,12-13,19,33H,6-11,15-16H2,1H3,(H,29,30)/t19-/m1/s1. The number of hydrogen-bond donors (Lipinski definition) is 2. The number of fused-ring (bicyclic) bond motifs is 1. The monoisotopic (exact) mass is 493 g/mol. The Bertz CT molecular complexity index is 1270. The first-order chi connectivity index (χ1) is 17.0. The fourth-order valence-corrected chi connectivity index (χ4v) is 5.38. The molecule has 35 heavy (non-hydrogen) atoms. The fraction of sp³-hybridized carbons (Fsp3) is 0.423. The molecule has 9 heteroatoms. The van der Waals surface area contributed by atoms with Gasteiger partial charge in [-0.05, 0) is 61.6 Å². The van der Waals surface area contributed by atoms with Gasteiger partial charge in [0.15, 0.2) is 11.6 Å². The van der Waals surface area contributed by atoms with Crippen LogP contribution >= 0.6 is 11.6 Å². The number of nitrogens with zero attached hydrogens (tertiary/aromatic N) is 4. The molecule has 1 atom stereocenters. The number of nitriles is 1. The second-order valence-electron chi connectivity index (χ2n) is 9.20. The number of nitrogens with one attached hydrogen (secondary N) is 1. The van der Waals surface area contributed by atoms with Crippen molar-refractivity contribution in [2.75, 3.05) is 37.0 Å². The van der Waals surface area contributed by atoms with Crippen LogP contribution in [0.1, 0.15) is 36.8 Å². The molecule has 0 amide bonds. The van der Waals surface area contributed by atoms with E-state index in [1.807, 2.05) is 36.4 Å². The van der Waals surface area contributed by atoms with Crippen molar-refractivity contribution in [3.8, 4) is 11.8 Å². The minimum absolute atomic E-state index is 0.0440. The summed E-state index contributed by atoms with van der Waals surface area (Å²) in [7, 11) is 1.59. The van der Waals surface area contributed by atoms with Crippen molar-refractivity contribution in [3.63, 3.8) is 0 Å². The van der Waals surface area contributed by atoms with E-state index < -0.39 is 0 Å². The Morgan fingerprint density at radius 2 is 2.03 bits per heavy atom. The Morgan fingerprint density at radius 3 is 2.71 bits per heavy atom. The van der Waals surface area contributed by atoms with Gasteiger partial charge in [0.2, 0.25) is 0 Å². The Morgan fingerprint density at radius 1 is 1.20 bits per heavy atom. The van der Waals surface area contributed by atoms with Gasteiger partial charge in [0.25, 0.3) is 0 Å². The van der Waals surface area contributed by atoms with E-state index in [0.717, 1.165) is 60.9 Å². The van der Waals surface area contributed by atoms with E-state index in [2.05, 4.69) is 26.5 Å². The minimum Gasteiger partial charge on any atom is -0.495 e. The molecule has 5 rings (SSSR count). The second-order valence-corrected chi connectivity index (χ2v) is 9.61. The fourth-order valence-electron chi connectivity index (χ4n) is 5.10. The molecule has 2 aliphatic rings. The molecule has 2 saturated heterocycles. The molecule has 2 N–H and O–H groups in total. The Balaban J connectivity index is 1.38. The number of rotatable bonds is 6. The maximum Gasteiger partial charge on any atom is 0.159 e. The zero-order valence-corrected chi connectivity index (χ0v) is 20.4. The van der Waals surface area contributed by atoms with E-state index in [1.165, 1.54) is 0 Å². The van der Waals surface area contributed by atoms with E-state index in [0.29, 0.717) is 28.7 Å². The SMILES string of the molecule is COc1ccc(CNc2nnc(N3CCC4(CC[C@H](CO)O4)CC3)c3ccc(C#N)cc23)cc1Cl. The van der Waals surface area contributed by atoms with E-state index >= 15 is 0 Å². The number of aromatic nitrogens is 2. The lowest BCUT2D eigenvalue weighted by Crippen LogP contribution is -2.45. The highest BCUT2D eigenvalue weighted by molar-refractivity contribution is 6.32. The highest BCUT2D eigenvalue weighted by Crippen LogP contribution is 2.40. The van der Waals surface area contributed by atoms with Gasteiger partial charge in [-0.1, -0.05) is 17.7 Å². The van der Waals surface area contributed by atoms with Gasteiger partial charge in [-0.2, -0.15) is 5.26 Å². The van der Waals surface area contributed by atoms with Crippen LogP contribution in [-0.2, 0) is 11.3 Å². The normalized spacial score (nSPS) is 19.1. The van der Waals surface area contributed by atoms with Crippen LogP contribution in [0.15, 0.2) is 36.4 Å². The van der Waals surface area contributed by atoms with E-state index in [-0.39, 0.29) is 18.3 Å². The smallest absolute Gasteiger partial charge is 0.159 e. The largest absolute Gasteiger partial charge is 0.495 e. The number of methoxy groups -OCH3 is 1. The average molecular weight is 494 g/mol. The Kier molecular flexibility index (Phi) is 6.65. The van der Waals surface area contributed by atoms with E-state index in [4.69, 9.17) is 21.1 Å². The van der Waals surface area contributed by atoms with Crippen molar-refractivity contribution in [1.82, 2.24) is 10.2 Å². The molecular weight excluding hydrogens is 466 g/mol. The van der Waals surface area contributed by atoms with Crippen molar-refractivity contribution in [3.05, 3.63) is 52.5 Å². The number of halogens is 1. The zero-order valence-electron chi connectivity index (χ0n) is 19.6. The third-order valence-corrected chi connectivity index (χ3v) is 7.38. The molecule has 8 nitrogen and oxygen atoms in total. The van der Waals surface area contributed by atoms with Crippen LogP contribution in [0.2, 0.25) is 5.02 Å². The molecule has 2 fully saturated rings. The quantitative estimate of drug-likeness (QED) is 0.524. The lowest BCUT2D eigenvalue weighted by molar-refractivity contribution is -0.0713. The zero-order chi connectivity index (χ0) is 24.4. The molecule has 1 spiro atoms. The maximum atomic E-state index is 9.48. The molecule has 3 heterocycles. The Labute approximate surface area is 209 Å². The number of aliphatic hydroxyl groups excluding tert-OH is 1. The number of piperidine rings is 1. The molecule has 2 aliphatic heterocycles. The molecule has 3 aromatic rings. The predicted octanol–water partition coefficient (Wildman–Crippen LogP) is 4.29. The topological polar surface area (TPSA) is 104 Å². The van der Waals surface area contributed by atoms with Gasteiger partial charge in [0.05, 0.1) is 42.1 Å². The van der Waals surface area contributed by atoms with Crippen molar-refractivity contribution in [2.24, 2.45) is 0 Å². The number of aliphatic hydroxyl groups is 1. The molecule has 0 unspecified atom stereocenters. The third-order valence-electron chi connectivity index (χ3n) is 7.08. The number of benzene rings is 2. The molecular formula is C26H28ClN5O3. The average Bonchev–Trinajstić information content (AvgIpc) is 3.30. The van der Waals surface area contributed by atoms with Gasteiger partial charge < -0.3 is 24.8 Å². The van der Waals surface area contributed by atoms with Crippen molar-refractivity contribution in [1.29, 1.82) is 5.26 Å². The first-order valence-electron chi connectivity index (χ1n) is 11.8. The van der Waals surface area contributed by atoms with Crippen LogP contribution < -0.4 is 15.0 Å². The lowest BCUT2D eigenvalue weighted by atomic mass is 9.88. The summed E-state index contributed by atoms with van der Waals surface area (Å²) in [5.41, 5.74) is 1.41. The predicted molar refractivity (Wildman–Crippen MR) is 135 cm³/mol. The summed E-state index contributed by atoms with van der Waals surface area (Å²) in [6.45, 7) is 2.19. The molecule has 1 aromatic heterocycles. The van der Waals surface area contributed by atoms with Gasteiger partial charge >= 0.3 is 0 Å². The van der Waals surface area contributed by atoms with Gasteiger partial charge in [0.1, 0.15) is 5.75 Å². The molecule has 0 bridgehead atoms. The first kappa shape index (κ1) is 23.6. The van der Waals surface area contributed by atoms with Crippen LogP contribution in [0.4, 0.5) is 11.6 Å². The molecule has 0 saturated carbocycles. The molecule has 182 valence electrons. The molecule has 0 aliphatic carbocycles. The number of ether oxygens (including phenoxy) is 2. The van der Waals surface area contributed by atoms with Crippen LogP contribution in [0, 0.1) is 11.3 Å². The van der Waals surface area contributed by atoms with Crippen molar-refractivity contribution < 1.29 is 14.6 Å². The van der Waals surface area contributed by atoms with Gasteiger partial charge in [-0.15, -0.1) is 10.2 Å². The van der Waals surface area contributed by atoms with E-state index in [9.17, 15) is 10.4 Å². The first-order valence-corrected chi connectivity index (χ1v) is 12.2. The molecule has 0 radical (unpaired) electrons. The van der Waals surface area contributed by atoms with Crippen LogP contribution in [0.25, 0.3) is 10.8 Å². The highest BCUT2D eigenvalue weighted by atomic mass is 35.5. The van der Waals surface area contributed by atoms with Gasteiger partial charge in [0, 0.05) is 30.4 Å². The van der Waals surface area contributed by atoms with Gasteiger partial charge in [-0.25, -0.2) is 0 Å². The third kappa shape index (κ3) is 4.72. The highest BCUT2D eigenvalue weighted by Gasteiger charge is 2.42. The summed E-state index contributed by atoms with van der Waals surface area (Å²) in [4.78, 5) is 2.25. The van der Waals surface area contributed by atoms with Gasteiger partial charge in [-0.3, -0.25) is 0 Å². The van der Waals surface area contributed by atoms with E-state index in [1.54, 1.807) is 7.11 Å². The Hall–Kier alpha value is -3.12. The van der Waals surface area contributed by atoms with Crippen LogP contribution in [0.5, 0.6) is 5.75 Å². The number of hydrogen-bond acceptors (Lipinski definition) is 8.